The van der Waals surface area contributed by atoms with Crippen LogP contribution in [0.25, 0.3) is 16.2 Å². The zero-order valence-corrected chi connectivity index (χ0v) is 15.9. The molecule has 136 valence electrons. The van der Waals surface area contributed by atoms with Crippen LogP contribution in [0.1, 0.15) is 29.0 Å². The van der Waals surface area contributed by atoms with Gasteiger partial charge < -0.3 is 10.1 Å². The van der Waals surface area contributed by atoms with E-state index < -0.39 is 0 Å². The number of nitrogens with zero attached hydrogens (tertiary/aromatic N) is 2. The Labute approximate surface area is 161 Å². The monoisotopic (exact) mass is 377 g/mol. The molecule has 0 saturated carbocycles. The minimum Gasteiger partial charge on any atom is -0.497 e. The van der Waals surface area contributed by atoms with Crippen molar-refractivity contribution in [3.8, 4) is 17.0 Å². The van der Waals surface area contributed by atoms with Gasteiger partial charge in [-0.1, -0.05) is 30.3 Å². The number of ether oxygens (including phenoxy) is 1. The lowest BCUT2D eigenvalue weighted by atomic mass is 10.1. The van der Waals surface area contributed by atoms with Gasteiger partial charge in [-0.05, 0) is 36.8 Å². The van der Waals surface area contributed by atoms with Crippen molar-refractivity contribution in [2.45, 2.75) is 13.0 Å². The average Bonchev–Trinajstić information content (AvgIpc) is 3.29. The summed E-state index contributed by atoms with van der Waals surface area (Å²) in [6.07, 6.45) is 1.90. The molecule has 2 aromatic heterocycles. The fourth-order valence-electron chi connectivity index (χ4n) is 2.94. The van der Waals surface area contributed by atoms with E-state index in [0.29, 0.717) is 5.69 Å². The number of carbonyl (C=O) groups excluding carboxylic acids is 1. The first-order valence-corrected chi connectivity index (χ1v) is 9.50. The molecule has 4 rings (SSSR count). The van der Waals surface area contributed by atoms with E-state index in [4.69, 9.17) is 4.74 Å². The van der Waals surface area contributed by atoms with Crippen molar-refractivity contribution in [3.05, 3.63) is 77.4 Å². The maximum absolute atomic E-state index is 12.8. The first-order chi connectivity index (χ1) is 13.2. The smallest absolute Gasteiger partial charge is 0.269 e. The molecule has 0 fully saturated rings. The predicted octanol–water partition coefficient (Wildman–Crippen LogP) is 4.56. The number of hydrogen-bond donors (Lipinski definition) is 1. The predicted molar refractivity (Wildman–Crippen MR) is 107 cm³/mol. The summed E-state index contributed by atoms with van der Waals surface area (Å²) in [6.45, 7) is 1.98. The summed E-state index contributed by atoms with van der Waals surface area (Å²) in [7, 11) is 1.64. The minimum atomic E-state index is -0.115. The van der Waals surface area contributed by atoms with Crippen molar-refractivity contribution in [2.75, 3.05) is 7.11 Å². The number of aromatic nitrogens is 2. The zero-order chi connectivity index (χ0) is 18.8. The van der Waals surface area contributed by atoms with E-state index in [9.17, 15) is 4.79 Å². The number of fused-ring (bicyclic) bond motifs is 1. The first-order valence-electron chi connectivity index (χ1n) is 8.62. The van der Waals surface area contributed by atoms with Gasteiger partial charge in [0.2, 0.25) is 0 Å². The van der Waals surface area contributed by atoms with Crippen molar-refractivity contribution in [2.24, 2.45) is 0 Å². The number of amides is 1. The SMILES string of the molecule is COc1ccc(-c2cn3c(C(=O)NC(C)c4ccccc4)csc3n2)cc1. The van der Waals surface area contributed by atoms with Gasteiger partial charge in [-0.25, -0.2) is 4.98 Å². The van der Waals surface area contributed by atoms with Crippen LogP contribution in [0.2, 0.25) is 0 Å². The van der Waals surface area contributed by atoms with E-state index >= 15 is 0 Å². The lowest BCUT2D eigenvalue weighted by Gasteiger charge is -2.13. The molecule has 1 unspecified atom stereocenters. The van der Waals surface area contributed by atoms with Gasteiger partial charge in [0.05, 0.1) is 18.8 Å². The van der Waals surface area contributed by atoms with E-state index in [-0.39, 0.29) is 11.9 Å². The lowest BCUT2D eigenvalue weighted by molar-refractivity contribution is 0.0934. The fourth-order valence-corrected chi connectivity index (χ4v) is 3.80. The molecule has 5 nitrogen and oxygen atoms in total. The quantitative estimate of drug-likeness (QED) is 0.555. The van der Waals surface area contributed by atoms with Crippen LogP contribution < -0.4 is 10.1 Å². The molecule has 0 aliphatic carbocycles. The van der Waals surface area contributed by atoms with Crippen LogP contribution in [0.3, 0.4) is 0 Å². The maximum atomic E-state index is 12.8. The van der Waals surface area contributed by atoms with E-state index in [0.717, 1.165) is 27.5 Å². The highest BCUT2D eigenvalue weighted by molar-refractivity contribution is 7.15. The number of carbonyl (C=O) groups is 1. The molecule has 0 radical (unpaired) electrons. The molecule has 1 amide bonds. The molecule has 0 spiro atoms. The van der Waals surface area contributed by atoms with Crippen LogP contribution in [0, 0.1) is 0 Å². The van der Waals surface area contributed by atoms with Crippen LogP contribution in [0.15, 0.2) is 66.2 Å². The van der Waals surface area contributed by atoms with Crippen molar-refractivity contribution in [1.29, 1.82) is 0 Å². The Morgan fingerprint density at radius 3 is 2.59 bits per heavy atom. The molecular formula is C21H19N3O2S. The van der Waals surface area contributed by atoms with E-state index in [2.05, 4.69) is 10.3 Å². The number of imidazole rings is 1. The molecule has 0 bridgehead atoms. The molecule has 1 atom stereocenters. The maximum Gasteiger partial charge on any atom is 0.269 e. The number of rotatable bonds is 5. The van der Waals surface area contributed by atoms with Crippen LogP contribution in [0.4, 0.5) is 0 Å². The Morgan fingerprint density at radius 1 is 1.15 bits per heavy atom. The fraction of sp³-hybridized carbons (Fsp3) is 0.143. The Balaban J connectivity index is 1.59. The van der Waals surface area contributed by atoms with E-state index in [1.807, 2.05) is 77.5 Å². The summed E-state index contributed by atoms with van der Waals surface area (Å²) in [6, 6.07) is 17.6. The second-order valence-electron chi connectivity index (χ2n) is 6.23. The van der Waals surface area contributed by atoms with E-state index in [1.165, 1.54) is 11.3 Å². The third-order valence-electron chi connectivity index (χ3n) is 4.47. The van der Waals surface area contributed by atoms with Gasteiger partial charge in [0, 0.05) is 17.1 Å². The highest BCUT2D eigenvalue weighted by Crippen LogP contribution is 2.25. The zero-order valence-electron chi connectivity index (χ0n) is 15.0. The van der Waals surface area contributed by atoms with Gasteiger partial charge in [-0.3, -0.25) is 9.20 Å². The summed E-state index contributed by atoms with van der Waals surface area (Å²) in [5, 5.41) is 4.90. The number of hydrogen-bond acceptors (Lipinski definition) is 4. The van der Waals surface area contributed by atoms with Crippen LogP contribution in [0.5, 0.6) is 5.75 Å². The Kier molecular flexibility index (Phi) is 4.64. The standard InChI is InChI=1S/C21H19N3O2S/c1-14(15-6-4-3-5-7-15)22-20(25)19-13-27-21-23-18(12-24(19)21)16-8-10-17(26-2)11-9-16/h3-14H,1-2H3,(H,22,25). The van der Waals surface area contributed by atoms with Gasteiger partial charge in [0.15, 0.2) is 4.96 Å². The largest absolute Gasteiger partial charge is 0.497 e. The molecule has 1 N–H and O–H groups in total. The van der Waals surface area contributed by atoms with Crippen LogP contribution in [-0.2, 0) is 0 Å². The lowest BCUT2D eigenvalue weighted by Crippen LogP contribution is -2.27. The molecule has 0 aliphatic heterocycles. The number of nitrogens with one attached hydrogen (secondary N) is 1. The Bertz CT molecular complexity index is 1070. The van der Waals surface area contributed by atoms with E-state index in [1.54, 1.807) is 7.11 Å². The summed E-state index contributed by atoms with van der Waals surface area (Å²) in [5.41, 5.74) is 3.47. The molecule has 6 heteroatoms. The highest BCUT2D eigenvalue weighted by atomic mass is 32.1. The Morgan fingerprint density at radius 2 is 1.89 bits per heavy atom. The Hall–Kier alpha value is -3.12. The topological polar surface area (TPSA) is 55.6 Å². The first kappa shape index (κ1) is 17.3. The third kappa shape index (κ3) is 3.44. The van der Waals surface area contributed by atoms with Crippen molar-refractivity contribution in [1.82, 2.24) is 14.7 Å². The summed E-state index contributed by atoms with van der Waals surface area (Å²) >= 11 is 1.45. The van der Waals surface area contributed by atoms with Crippen molar-refractivity contribution >= 4 is 22.2 Å². The van der Waals surface area contributed by atoms with Crippen LogP contribution >= 0.6 is 11.3 Å². The molecule has 4 aromatic rings. The molecule has 27 heavy (non-hydrogen) atoms. The second-order valence-corrected chi connectivity index (χ2v) is 7.07. The molecule has 0 saturated heterocycles. The molecular weight excluding hydrogens is 358 g/mol. The highest BCUT2D eigenvalue weighted by Gasteiger charge is 2.17. The summed E-state index contributed by atoms with van der Waals surface area (Å²) in [5.74, 6) is 0.686. The number of benzene rings is 2. The molecule has 2 aromatic carbocycles. The third-order valence-corrected chi connectivity index (χ3v) is 5.31. The van der Waals surface area contributed by atoms with Gasteiger partial charge >= 0.3 is 0 Å². The van der Waals surface area contributed by atoms with Gasteiger partial charge in [0.1, 0.15) is 11.4 Å². The van der Waals surface area contributed by atoms with Gasteiger partial charge in [-0.2, -0.15) is 0 Å². The van der Waals surface area contributed by atoms with Crippen LogP contribution in [-0.4, -0.2) is 22.4 Å². The summed E-state index contributed by atoms with van der Waals surface area (Å²) < 4.78 is 7.04. The number of thiazole rings is 1. The normalized spacial score (nSPS) is 12.1. The summed E-state index contributed by atoms with van der Waals surface area (Å²) in [4.78, 5) is 18.2. The molecule has 0 aliphatic rings. The number of methoxy groups -OCH3 is 1. The van der Waals surface area contributed by atoms with Gasteiger partial charge in [0.25, 0.3) is 5.91 Å². The van der Waals surface area contributed by atoms with Gasteiger partial charge in [-0.15, -0.1) is 11.3 Å². The average molecular weight is 377 g/mol. The van der Waals surface area contributed by atoms with Crippen molar-refractivity contribution < 1.29 is 9.53 Å². The van der Waals surface area contributed by atoms with Crippen molar-refractivity contribution in [3.63, 3.8) is 0 Å². The second kappa shape index (κ2) is 7.25. The molecule has 2 heterocycles. The minimum absolute atomic E-state index is 0.0711.